The molecule has 3 amide bonds. The number of hydrogen-bond acceptors (Lipinski definition) is 4. The Balaban J connectivity index is 2.58. The number of likely N-dealkylation sites (tertiary alicyclic amines) is 1. The van der Waals surface area contributed by atoms with Crippen LogP contribution < -0.4 is 11.1 Å². The normalized spacial score (nSPS) is 21.1. The molecular formula is C10H17N3O3S. The standard InChI is InChI=1S/C10H17N3O3S/c1-6(14)12-8(5-17)10(16)13-3-2-7(4-13)9(11)15/h7-8,17H,2-5H2,1H3,(H2,11,15)(H,12,14). The molecule has 0 saturated carbocycles. The van der Waals surface area contributed by atoms with Gasteiger partial charge in [-0.3, -0.25) is 14.4 Å². The van der Waals surface area contributed by atoms with Gasteiger partial charge in [0.1, 0.15) is 6.04 Å². The van der Waals surface area contributed by atoms with Gasteiger partial charge in [-0.15, -0.1) is 0 Å². The van der Waals surface area contributed by atoms with Crippen LogP contribution in [0.1, 0.15) is 13.3 Å². The summed E-state index contributed by atoms with van der Waals surface area (Å²) in [6.45, 7) is 2.17. The van der Waals surface area contributed by atoms with Crippen LogP contribution in [0.15, 0.2) is 0 Å². The van der Waals surface area contributed by atoms with Crippen molar-refractivity contribution in [3.8, 4) is 0 Å². The zero-order valence-electron chi connectivity index (χ0n) is 9.68. The monoisotopic (exact) mass is 259 g/mol. The molecule has 0 aromatic heterocycles. The Morgan fingerprint density at radius 1 is 1.53 bits per heavy atom. The maximum atomic E-state index is 12.0. The van der Waals surface area contributed by atoms with Gasteiger partial charge in [0.05, 0.1) is 5.92 Å². The van der Waals surface area contributed by atoms with E-state index in [1.165, 1.54) is 6.92 Å². The molecular weight excluding hydrogens is 242 g/mol. The fourth-order valence-corrected chi connectivity index (χ4v) is 2.09. The number of nitrogens with zero attached hydrogens (tertiary/aromatic N) is 1. The first kappa shape index (κ1) is 13.8. The lowest BCUT2D eigenvalue weighted by Gasteiger charge is -2.22. The van der Waals surface area contributed by atoms with Gasteiger partial charge in [0, 0.05) is 25.8 Å². The first-order chi connectivity index (χ1) is 7.95. The second-order valence-corrected chi connectivity index (χ2v) is 4.47. The summed E-state index contributed by atoms with van der Waals surface area (Å²) >= 11 is 4.03. The molecule has 1 aliphatic heterocycles. The Bertz CT molecular complexity index is 335. The van der Waals surface area contributed by atoms with E-state index in [4.69, 9.17) is 5.73 Å². The zero-order chi connectivity index (χ0) is 13.0. The number of thiol groups is 1. The van der Waals surface area contributed by atoms with Crippen molar-refractivity contribution in [1.82, 2.24) is 10.2 Å². The molecule has 0 aliphatic carbocycles. The lowest BCUT2D eigenvalue weighted by atomic mass is 10.1. The van der Waals surface area contributed by atoms with E-state index in [-0.39, 0.29) is 29.4 Å². The Kier molecular flexibility index (Phi) is 4.80. The summed E-state index contributed by atoms with van der Waals surface area (Å²) in [6, 6.07) is -0.637. The second-order valence-electron chi connectivity index (χ2n) is 4.11. The topological polar surface area (TPSA) is 92.5 Å². The Morgan fingerprint density at radius 3 is 2.59 bits per heavy atom. The highest BCUT2D eigenvalue weighted by atomic mass is 32.1. The third-order valence-corrected chi connectivity index (χ3v) is 3.13. The van der Waals surface area contributed by atoms with Gasteiger partial charge in [-0.05, 0) is 6.42 Å². The molecule has 1 fully saturated rings. The van der Waals surface area contributed by atoms with Crippen LogP contribution in [0.25, 0.3) is 0 Å². The lowest BCUT2D eigenvalue weighted by Crippen LogP contribution is -2.48. The molecule has 0 spiro atoms. The fourth-order valence-electron chi connectivity index (χ4n) is 1.84. The molecule has 17 heavy (non-hydrogen) atoms. The predicted molar refractivity (Wildman–Crippen MR) is 65.3 cm³/mol. The van der Waals surface area contributed by atoms with Crippen LogP contribution in [0, 0.1) is 5.92 Å². The first-order valence-electron chi connectivity index (χ1n) is 5.41. The number of rotatable bonds is 4. The van der Waals surface area contributed by atoms with E-state index in [1.54, 1.807) is 4.90 Å². The fraction of sp³-hybridized carbons (Fsp3) is 0.700. The Hall–Kier alpha value is -1.24. The minimum atomic E-state index is -0.637. The van der Waals surface area contributed by atoms with Gasteiger partial charge in [-0.1, -0.05) is 0 Å². The Labute approximate surface area is 105 Å². The van der Waals surface area contributed by atoms with E-state index in [0.29, 0.717) is 19.5 Å². The van der Waals surface area contributed by atoms with E-state index in [0.717, 1.165) is 0 Å². The van der Waals surface area contributed by atoms with Crippen molar-refractivity contribution in [2.24, 2.45) is 11.7 Å². The highest BCUT2D eigenvalue weighted by Crippen LogP contribution is 2.16. The lowest BCUT2D eigenvalue weighted by molar-refractivity contribution is -0.134. The Morgan fingerprint density at radius 2 is 2.18 bits per heavy atom. The van der Waals surface area contributed by atoms with Crippen molar-refractivity contribution in [1.29, 1.82) is 0 Å². The molecule has 1 rings (SSSR count). The van der Waals surface area contributed by atoms with E-state index in [1.807, 2.05) is 0 Å². The molecule has 96 valence electrons. The maximum Gasteiger partial charge on any atom is 0.246 e. The van der Waals surface area contributed by atoms with Crippen LogP contribution in [-0.2, 0) is 14.4 Å². The minimum absolute atomic E-state index is 0.209. The summed E-state index contributed by atoms with van der Waals surface area (Å²) in [5.41, 5.74) is 5.19. The van der Waals surface area contributed by atoms with Crippen LogP contribution in [0.5, 0.6) is 0 Å². The number of nitrogens with two attached hydrogens (primary N) is 1. The van der Waals surface area contributed by atoms with E-state index in [2.05, 4.69) is 17.9 Å². The molecule has 1 heterocycles. The SMILES string of the molecule is CC(=O)NC(CS)C(=O)N1CCC(C(N)=O)C1. The summed E-state index contributed by atoms with van der Waals surface area (Å²) in [7, 11) is 0. The van der Waals surface area contributed by atoms with Gasteiger partial charge < -0.3 is 16.0 Å². The number of carbonyl (C=O) groups excluding carboxylic acids is 3. The van der Waals surface area contributed by atoms with E-state index >= 15 is 0 Å². The quantitative estimate of drug-likeness (QED) is 0.551. The summed E-state index contributed by atoms with van der Waals surface area (Å²) in [4.78, 5) is 35.4. The van der Waals surface area contributed by atoms with Crippen LogP contribution in [0.3, 0.4) is 0 Å². The van der Waals surface area contributed by atoms with E-state index < -0.39 is 6.04 Å². The molecule has 3 N–H and O–H groups in total. The molecule has 0 bridgehead atoms. The van der Waals surface area contributed by atoms with Gasteiger partial charge >= 0.3 is 0 Å². The maximum absolute atomic E-state index is 12.0. The summed E-state index contributed by atoms with van der Waals surface area (Å²) in [5.74, 6) is -0.919. The smallest absolute Gasteiger partial charge is 0.246 e. The molecule has 1 aliphatic rings. The number of amides is 3. The summed E-state index contributed by atoms with van der Waals surface area (Å²) in [6.07, 6.45) is 0.584. The number of hydrogen-bond donors (Lipinski definition) is 3. The van der Waals surface area contributed by atoms with Crippen molar-refractivity contribution in [3.63, 3.8) is 0 Å². The van der Waals surface area contributed by atoms with Crippen molar-refractivity contribution in [2.75, 3.05) is 18.8 Å². The third-order valence-electron chi connectivity index (χ3n) is 2.76. The highest BCUT2D eigenvalue weighted by molar-refractivity contribution is 7.80. The third kappa shape index (κ3) is 3.62. The van der Waals surface area contributed by atoms with Gasteiger partial charge in [0.2, 0.25) is 17.7 Å². The van der Waals surface area contributed by atoms with Crippen molar-refractivity contribution in [2.45, 2.75) is 19.4 Å². The number of carbonyl (C=O) groups is 3. The first-order valence-corrected chi connectivity index (χ1v) is 6.05. The van der Waals surface area contributed by atoms with Crippen molar-refractivity contribution < 1.29 is 14.4 Å². The largest absolute Gasteiger partial charge is 0.369 e. The number of nitrogens with one attached hydrogen (secondary N) is 1. The second kappa shape index (κ2) is 5.90. The van der Waals surface area contributed by atoms with Gasteiger partial charge in [0.25, 0.3) is 0 Å². The van der Waals surface area contributed by atoms with Gasteiger partial charge in [-0.2, -0.15) is 12.6 Å². The highest BCUT2D eigenvalue weighted by Gasteiger charge is 2.32. The molecule has 2 atom stereocenters. The summed E-state index contributed by atoms with van der Waals surface area (Å²) in [5, 5.41) is 2.53. The van der Waals surface area contributed by atoms with Crippen molar-refractivity contribution in [3.05, 3.63) is 0 Å². The van der Waals surface area contributed by atoms with Crippen molar-refractivity contribution >= 4 is 30.4 Å². The van der Waals surface area contributed by atoms with Crippen LogP contribution >= 0.6 is 12.6 Å². The molecule has 0 radical (unpaired) electrons. The molecule has 2 unspecified atom stereocenters. The van der Waals surface area contributed by atoms with Gasteiger partial charge in [0.15, 0.2) is 0 Å². The average molecular weight is 259 g/mol. The molecule has 0 aromatic carbocycles. The van der Waals surface area contributed by atoms with E-state index in [9.17, 15) is 14.4 Å². The predicted octanol–water partition coefficient (Wildman–Crippen LogP) is -1.25. The average Bonchev–Trinajstić information content (AvgIpc) is 2.73. The molecule has 7 heteroatoms. The van der Waals surface area contributed by atoms with Crippen LogP contribution in [0.2, 0.25) is 0 Å². The molecule has 6 nitrogen and oxygen atoms in total. The number of primary amides is 1. The summed E-state index contributed by atoms with van der Waals surface area (Å²) < 4.78 is 0. The molecule has 1 saturated heterocycles. The molecule has 0 aromatic rings. The minimum Gasteiger partial charge on any atom is -0.369 e. The van der Waals surface area contributed by atoms with Crippen LogP contribution in [-0.4, -0.2) is 47.5 Å². The van der Waals surface area contributed by atoms with Crippen LogP contribution in [0.4, 0.5) is 0 Å². The zero-order valence-corrected chi connectivity index (χ0v) is 10.6. The van der Waals surface area contributed by atoms with Gasteiger partial charge in [-0.25, -0.2) is 0 Å².